The molecule has 1 unspecified atom stereocenters. The van der Waals surface area contributed by atoms with Crippen molar-refractivity contribution >= 4 is 5.69 Å². The summed E-state index contributed by atoms with van der Waals surface area (Å²) in [6.45, 7) is 1.24. The normalized spacial score (nSPS) is 17.4. The smallest absolute Gasteiger partial charge is 0.217 e. The highest BCUT2D eigenvalue weighted by Crippen LogP contribution is 2.28. The molecule has 2 aromatic rings. The molecule has 18 heavy (non-hydrogen) atoms. The molecule has 0 aliphatic carbocycles. The maximum Gasteiger partial charge on any atom is 0.217 e. The van der Waals surface area contributed by atoms with Crippen LogP contribution in [-0.4, -0.2) is 12.8 Å². The number of nitrogens with one attached hydrogen (secondary N) is 1. The highest BCUT2D eigenvalue weighted by molar-refractivity contribution is 5.57. The summed E-state index contributed by atoms with van der Waals surface area (Å²) in [5.74, 6) is 0.849. The average Bonchev–Trinajstić information content (AvgIpc) is 2.46. The monoisotopic (exact) mass is 241 g/mol. The lowest BCUT2D eigenvalue weighted by Gasteiger charge is -2.27. The average molecular weight is 241 g/mol. The SMILES string of the molecule is c1ccc(COC2CNc3ccccc3O2)cc1. The fourth-order valence-corrected chi connectivity index (χ4v) is 1.95. The third-order valence-electron chi connectivity index (χ3n) is 2.88. The molecular weight excluding hydrogens is 226 g/mol. The van der Waals surface area contributed by atoms with Gasteiger partial charge in [-0.15, -0.1) is 0 Å². The van der Waals surface area contributed by atoms with Crippen molar-refractivity contribution in [3.8, 4) is 5.75 Å². The zero-order chi connectivity index (χ0) is 12.2. The standard InChI is InChI=1S/C15H15NO2/c1-2-6-12(7-3-1)11-17-15-10-16-13-8-4-5-9-14(13)18-15/h1-9,15-16H,10-11H2. The van der Waals surface area contributed by atoms with E-state index in [1.165, 1.54) is 0 Å². The van der Waals surface area contributed by atoms with Crippen molar-refractivity contribution in [1.29, 1.82) is 0 Å². The number of ether oxygens (including phenoxy) is 2. The molecule has 0 aromatic heterocycles. The number of hydrogen-bond acceptors (Lipinski definition) is 3. The third kappa shape index (κ3) is 2.46. The van der Waals surface area contributed by atoms with Gasteiger partial charge in [0.1, 0.15) is 5.75 Å². The van der Waals surface area contributed by atoms with Crippen molar-refractivity contribution in [2.75, 3.05) is 11.9 Å². The topological polar surface area (TPSA) is 30.5 Å². The van der Waals surface area contributed by atoms with Crippen LogP contribution in [0, 0.1) is 0 Å². The van der Waals surface area contributed by atoms with E-state index in [0.717, 1.165) is 17.0 Å². The van der Waals surface area contributed by atoms with Crippen LogP contribution < -0.4 is 10.1 Å². The summed E-state index contributed by atoms with van der Waals surface area (Å²) in [7, 11) is 0. The molecule has 0 amide bonds. The van der Waals surface area contributed by atoms with Gasteiger partial charge in [0.25, 0.3) is 0 Å². The molecule has 1 N–H and O–H groups in total. The Morgan fingerprint density at radius 3 is 2.72 bits per heavy atom. The summed E-state index contributed by atoms with van der Waals surface area (Å²) in [6.07, 6.45) is -0.236. The minimum absolute atomic E-state index is 0.236. The Kier molecular flexibility index (Phi) is 3.15. The summed E-state index contributed by atoms with van der Waals surface area (Å²) in [5, 5.41) is 3.30. The van der Waals surface area contributed by atoms with Crippen LogP contribution in [0.3, 0.4) is 0 Å². The largest absolute Gasteiger partial charge is 0.461 e. The first-order valence-corrected chi connectivity index (χ1v) is 6.07. The van der Waals surface area contributed by atoms with Gasteiger partial charge in [0.2, 0.25) is 6.29 Å². The predicted octanol–water partition coefficient (Wildman–Crippen LogP) is 3.03. The summed E-state index contributed by atoms with van der Waals surface area (Å²) < 4.78 is 11.5. The Bertz CT molecular complexity index is 513. The number of hydrogen-bond donors (Lipinski definition) is 1. The number of fused-ring (bicyclic) bond motifs is 1. The minimum atomic E-state index is -0.236. The molecule has 0 saturated carbocycles. The molecule has 1 aliphatic heterocycles. The van der Waals surface area contributed by atoms with Crippen LogP contribution >= 0.6 is 0 Å². The van der Waals surface area contributed by atoms with Crippen LogP contribution in [0.25, 0.3) is 0 Å². The number of benzene rings is 2. The van der Waals surface area contributed by atoms with Gasteiger partial charge in [-0.25, -0.2) is 0 Å². The van der Waals surface area contributed by atoms with E-state index in [1.807, 2.05) is 54.6 Å². The molecule has 1 heterocycles. The van der Waals surface area contributed by atoms with E-state index in [4.69, 9.17) is 9.47 Å². The molecule has 1 aliphatic rings. The van der Waals surface area contributed by atoms with Gasteiger partial charge in [0.05, 0.1) is 18.8 Å². The van der Waals surface area contributed by atoms with Gasteiger partial charge in [-0.3, -0.25) is 0 Å². The van der Waals surface area contributed by atoms with Gasteiger partial charge in [-0.05, 0) is 17.7 Å². The van der Waals surface area contributed by atoms with Crippen molar-refractivity contribution in [2.45, 2.75) is 12.9 Å². The van der Waals surface area contributed by atoms with E-state index in [-0.39, 0.29) is 6.29 Å². The Hall–Kier alpha value is -2.00. The van der Waals surface area contributed by atoms with E-state index in [0.29, 0.717) is 13.2 Å². The molecule has 0 radical (unpaired) electrons. The van der Waals surface area contributed by atoms with Crippen LogP contribution in [-0.2, 0) is 11.3 Å². The van der Waals surface area contributed by atoms with Gasteiger partial charge in [-0.1, -0.05) is 42.5 Å². The molecule has 0 spiro atoms. The zero-order valence-electron chi connectivity index (χ0n) is 10.0. The predicted molar refractivity (Wildman–Crippen MR) is 70.6 cm³/mol. The summed E-state index contributed by atoms with van der Waals surface area (Å²) in [4.78, 5) is 0. The summed E-state index contributed by atoms with van der Waals surface area (Å²) in [5.41, 5.74) is 2.18. The van der Waals surface area contributed by atoms with Gasteiger partial charge in [-0.2, -0.15) is 0 Å². The molecule has 1 atom stereocenters. The Balaban J connectivity index is 1.60. The minimum Gasteiger partial charge on any atom is -0.461 e. The van der Waals surface area contributed by atoms with E-state index >= 15 is 0 Å². The van der Waals surface area contributed by atoms with Crippen molar-refractivity contribution in [3.63, 3.8) is 0 Å². The molecule has 3 heteroatoms. The lowest BCUT2D eigenvalue weighted by atomic mass is 10.2. The molecule has 0 saturated heterocycles. The molecule has 0 fully saturated rings. The van der Waals surface area contributed by atoms with Gasteiger partial charge in [0.15, 0.2) is 0 Å². The first-order valence-electron chi connectivity index (χ1n) is 6.07. The van der Waals surface area contributed by atoms with Gasteiger partial charge in [0, 0.05) is 0 Å². The Morgan fingerprint density at radius 1 is 1.06 bits per heavy atom. The Morgan fingerprint density at radius 2 is 1.83 bits per heavy atom. The first-order chi connectivity index (χ1) is 8.92. The lowest BCUT2D eigenvalue weighted by molar-refractivity contribution is -0.0827. The molecular formula is C15H15NO2. The van der Waals surface area contributed by atoms with E-state index < -0.39 is 0 Å². The van der Waals surface area contributed by atoms with Gasteiger partial charge < -0.3 is 14.8 Å². The number of para-hydroxylation sites is 2. The van der Waals surface area contributed by atoms with Crippen LogP contribution in [0.5, 0.6) is 5.75 Å². The van der Waals surface area contributed by atoms with Crippen LogP contribution in [0.15, 0.2) is 54.6 Å². The Labute approximate surface area is 106 Å². The van der Waals surface area contributed by atoms with Crippen molar-refractivity contribution in [2.24, 2.45) is 0 Å². The second-order valence-corrected chi connectivity index (χ2v) is 4.22. The number of anilines is 1. The summed E-state index contributed by atoms with van der Waals surface area (Å²) >= 11 is 0. The molecule has 2 aromatic carbocycles. The van der Waals surface area contributed by atoms with Crippen LogP contribution in [0.4, 0.5) is 5.69 Å². The van der Waals surface area contributed by atoms with Crippen LogP contribution in [0.1, 0.15) is 5.56 Å². The van der Waals surface area contributed by atoms with Crippen molar-refractivity contribution < 1.29 is 9.47 Å². The second kappa shape index (κ2) is 5.10. The van der Waals surface area contributed by atoms with Gasteiger partial charge >= 0.3 is 0 Å². The first kappa shape index (κ1) is 11.1. The highest BCUT2D eigenvalue weighted by Gasteiger charge is 2.18. The third-order valence-corrected chi connectivity index (χ3v) is 2.88. The van der Waals surface area contributed by atoms with E-state index in [1.54, 1.807) is 0 Å². The summed E-state index contributed by atoms with van der Waals surface area (Å²) in [6, 6.07) is 18.0. The van der Waals surface area contributed by atoms with Crippen molar-refractivity contribution in [1.82, 2.24) is 0 Å². The zero-order valence-corrected chi connectivity index (χ0v) is 10.0. The molecule has 0 bridgehead atoms. The molecule has 3 rings (SSSR count). The number of rotatable bonds is 3. The highest BCUT2D eigenvalue weighted by atomic mass is 16.7. The maximum atomic E-state index is 5.77. The lowest BCUT2D eigenvalue weighted by Crippen LogP contribution is -2.33. The molecule has 92 valence electrons. The fourth-order valence-electron chi connectivity index (χ4n) is 1.95. The van der Waals surface area contributed by atoms with E-state index in [9.17, 15) is 0 Å². The molecule has 3 nitrogen and oxygen atoms in total. The quantitative estimate of drug-likeness (QED) is 0.896. The van der Waals surface area contributed by atoms with Crippen molar-refractivity contribution in [3.05, 3.63) is 60.2 Å². The van der Waals surface area contributed by atoms with E-state index in [2.05, 4.69) is 5.32 Å². The fraction of sp³-hybridized carbons (Fsp3) is 0.200. The van der Waals surface area contributed by atoms with Crippen LogP contribution in [0.2, 0.25) is 0 Å². The maximum absolute atomic E-state index is 5.77. The second-order valence-electron chi connectivity index (χ2n) is 4.22.